The SMILES string of the molecule is CC(C)c1ccc(NC(=O)c2ccc(Nc3ncc4c(n3)-c3ccc(Cl)cc3NC(=O)C4)cc2)cc1. The minimum atomic E-state index is -0.187. The molecule has 0 atom stereocenters. The summed E-state index contributed by atoms with van der Waals surface area (Å²) in [6.07, 6.45) is 1.83. The number of hydrogen-bond acceptors (Lipinski definition) is 5. The molecule has 0 radical (unpaired) electrons. The molecule has 1 aromatic heterocycles. The molecule has 3 N–H and O–H groups in total. The second kappa shape index (κ2) is 9.79. The zero-order chi connectivity index (χ0) is 25.2. The predicted octanol–water partition coefficient (Wildman–Crippen LogP) is 6.41. The van der Waals surface area contributed by atoms with Gasteiger partial charge in [0.25, 0.3) is 5.91 Å². The van der Waals surface area contributed by atoms with Gasteiger partial charge in [-0.15, -0.1) is 0 Å². The van der Waals surface area contributed by atoms with Crippen molar-refractivity contribution in [1.29, 1.82) is 0 Å². The third kappa shape index (κ3) is 5.06. The third-order valence-corrected chi connectivity index (χ3v) is 6.20. The Kier molecular flexibility index (Phi) is 6.40. The van der Waals surface area contributed by atoms with Crippen molar-refractivity contribution in [3.8, 4) is 11.3 Å². The van der Waals surface area contributed by atoms with Crippen LogP contribution in [-0.2, 0) is 11.2 Å². The summed E-state index contributed by atoms with van der Waals surface area (Å²) in [5, 5.41) is 9.50. The molecule has 2 heterocycles. The molecule has 0 bridgehead atoms. The van der Waals surface area contributed by atoms with Crippen molar-refractivity contribution in [2.45, 2.75) is 26.2 Å². The maximum atomic E-state index is 12.7. The Morgan fingerprint density at radius 1 is 1.00 bits per heavy atom. The van der Waals surface area contributed by atoms with E-state index >= 15 is 0 Å². The largest absolute Gasteiger partial charge is 0.325 e. The fourth-order valence-corrected chi connectivity index (χ4v) is 4.18. The minimum absolute atomic E-state index is 0.147. The molecule has 7 nitrogen and oxygen atoms in total. The van der Waals surface area contributed by atoms with E-state index in [1.54, 1.807) is 42.6 Å². The number of aromatic nitrogens is 2. The lowest BCUT2D eigenvalue weighted by molar-refractivity contribution is -0.115. The maximum Gasteiger partial charge on any atom is 0.255 e. The summed E-state index contributed by atoms with van der Waals surface area (Å²) in [5.41, 5.74) is 6.02. The van der Waals surface area contributed by atoms with E-state index in [0.29, 0.717) is 33.8 Å². The highest BCUT2D eigenvalue weighted by atomic mass is 35.5. The van der Waals surface area contributed by atoms with E-state index in [-0.39, 0.29) is 18.2 Å². The first kappa shape index (κ1) is 23.5. The first-order valence-electron chi connectivity index (χ1n) is 11.6. The van der Waals surface area contributed by atoms with E-state index in [9.17, 15) is 9.59 Å². The van der Waals surface area contributed by atoms with Crippen LogP contribution in [0, 0.1) is 0 Å². The first-order valence-corrected chi connectivity index (χ1v) is 12.0. The molecule has 0 saturated heterocycles. The molecule has 2 amide bonds. The average Bonchev–Trinajstić information content (AvgIpc) is 2.99. The van der Waals surface area contributed by atoms with E-state index in [2.05, 4.69) is 39.8 Å². The van der Waals surface area contributed by atoms with Gasteiger partial charge in [-0.3, -0.25) is 9.59 Å². The zero-order valence-corrected chi connectivity index (χ0v) is 20.6. The highest BCUT2D eigenvalue weighted by Gasteiger charge is 2.21. The normalized spacial score (nSPS) is 12.3. The van der Waals surface area contributed by atoms with Crippen LogP contribution in [0.3, 0.4) is 0 Å². The highest BCUT2D eigenvalue weighted by Crippen LogP contribution is 2.35. The molecule has 5 rings (SSSR count). The molecule has 3 aromatic carbocycles. The molecular weight excluding hydrogens is 474 g/mol. The van der Waals surface area contributed by atoms with Crippen molar-refractivity contribution >= 4 is 46.4 Å². The molecular formula is C28H24ClN5O2. The lowest BCUT2D eigenvalue weighted by Gasteiger charge is -2.11. The summed E-state index contributed by atoms with van der Waals surface area (Å²) in [4.78, 5) is 34.0. The summed E-state index contributed by atoms with van der Waals surface area (Å²) >= 11 is 6.12. The van der Waals surface area contributed by atoms with Crippen LogP contribution < -0.4 is 16.0 Å². The van der Waals surface area contributed by atoms with Crippen LogP contribution >= 0.6 is 11.6 Å². The van der Waals surface area contributed by atoms with Gasteiger partial charge in [-0.2, -0.15) is 0 Å². The number of fused-ring (bicyclic) bond motifs is 3. The monoisotopic (exact) mass is 497 g/mol. The van der Waals surface area contributed by atoms with Crippen molar-refractivity contribution in [3.63, 3.8) is 0 Å². The summed E-state index contributed by atoms with van der Waals surface area (Å²) in [7, 11) is 0. The summed E-state index contributed by atoms with van der Waals surface area (Å²) in [5.74, 6) is 0.482. The summed E-state index contributed by atoms with van der Waals surface area (Å²) < 4.78 is 0. The number of hydrogen-bond donors (Lipinski definition) is 3. The highest BCUT2D eigenvalue weighted by molar-refractivity contribution is 6.31. The maximum absolute atomic E-state index is 12.7. The van der Waals surface area contributed by atoms with Crippen LogP contribution in [0.4, 0.5) is 23.0 Å². The molecule has 1 aliphatic rings. The van der Waals surface area contributed by atoms with Gasteiger partial charge in [0.1, 0.15) is 0 Å². The molecule has 0 spiro atoms. The number of anilines is 4. The molecule has 180 valence electrons. The first-order chi connectivity index (χ1) is 17.4. The van der Waals surface area contributed by atoms with Crippen molar-refractivity contribution in [1.82, 2.24) is 9.97 Å². The van der Waals surface area contributed by atoms with Crippen LogP contribution in [0.25, 0.3) is 11.3 Å². The van der Waals surface area contributed by atoms with Crippen molar-refractivity contribution < 1.29 is 9.59 Å². The van der Waals surface area contributed by atoms with Crippen LogP contribution in [0.15, 0.2) is 72.9 Å². The molecule has 0 aliphatic carbocycles. The Labute approximate surface area is 214 Å². The molecule has 0 saturated carbocycles. The van der Waals surface area contributed by atoms with E-state index in [0.717, 1.165) is 22.5 Å². The van der Waals surface area contributed by atoms with Gasteiger partial charge in [-0.05, 0) is 66.1 Å². The minimum Gasteiger partial charge on any atom is -0.325 e. The Balaban J connectivity index is 1.32. The molecule has 4 aromatic rings. The van der Waals surface area contributed by atoms with Crippen LogP contribution in [-0.4, -0.2) is 21.8 Å². The fourth-order valence-electron chi connectivity index (χ4n) is 4.01. The Morgan fingerprint density at radius 3 is 2.44 bits per heavy atom. The van der Waals surface area contributed by atoms with E-state index in [4.69, 9.17) is 11.6 Å². The van der Waals surface area contributed by atoms with Gasteiger partial charge >= 0.3 is 0 Å². The number of nitrogens with one attached hydrogen (secondary N) is 3. The zero-order valence-electron chi connectivity index (χ0n) is 19.8. The smallest absolute Gasteiger partial charge is 0.255 e. The van der Waals surface area contributed by atoms with Gasteiger partial charge in [0.2, 0.25) is 11.9 Å². The standard InChI is InChI=1S/C28H24ClN5O2/c1-16(2)17-3-8-21(9-4-17)31-27(36)18-5-10-22(11-6-18)32-28-30-15-19-13-25(35)33-24-14-20(29)7-12-23(24)26(19)34-28/h3-12,14-16H,13H2,1-2H3,(H,31,36)(H,33,35)(H,30,32,34). The number of rotatable bonds is 5. The molecule has 36 heavy (non-hydrogen) atoms. The number of carbonyl (C=O) groups is 2. The van der Waals surface area contributed by atoms with Crippen molar-refractivity contribution in [2.75, 3.05) is 16.0 Å². The second-order valence-electron chi connectivity index (χ2n) is 8.92. The number of amides is 2. The van der Waals surface area contributed by atoms with E-state index < -0.39 is 0 Å². The molecule has 0 unspecified atom stereocenters. The summed E-state index contributed by atoms with van der Waals surface area (Å²) in [6.45, 7) is 4.26. The Hall–Kier alpha value is -4.23. The van der Waals surface area contributed by atoms with E-state index in [1.807, 2.05) is 30.3 Å². The number of benzene rings is 3. The van der Waals surface area contributed by atoms with Gasteiger partial charge in [-0.1, -0.05) is 37.6 Å². The van der Waals surface area contributed by atoms with Gasteiger partial charge < -0.3 is 16.0 Å². The van der Waals surface area contributed by atoms with Gasteiger partial charge in [-0.25, -0.2) is 9.97 Å². The quantitative estimate of drug-likeness (QED) is 0.296. The Morgan fingerprint density at radius 2 is 1.72 bits per heavy atom. The molecule has 0 fully saturated rings. The van der Waals surface area contributed by atoms with Gasteiger partial charge in [0.15, 0.2) is 0 Å². The van der Waals surface area contributed by atoms with Crippen molar-refractivity contribution in [3.05, 3.63) is 94.6 Å². The Bertz CT molecular complexity index is 1450. The summed E-state index contributed by atoms with van der Waals surface area (Å²) in [6, 6.07) is 20.2. The lowest BCUT2D eigenvalue weighted by atomic mass is 10.0. The molecule has 1 aliphatic heterocycles. The van der Waals surface area contributed by atoms with Gasteiger partial charge in [0, 0.05) is 39.3 Å². The molecule has 8 heteroatoms. The number of halogens is 1. The van der Waals surface area contributed by atoms with E-state index in [1.165, 1.54) is 5.56 Å². The van der Waals surface area contributed by atoms with Crippen LogP contribution in [0.2, 0.25) is 5.02 Å². The van der Waals surface area contributed by atoms with Crippen LogP contribution in [0.5, 0.6) is 0 Å². The lowest BCUT2D eigenvalue weighted by Crippen LogP contribution is -2.12. The number of carbonyl (C=O) groups excluding carboxylic acids is 2. The topological polar surface area (TPSA) is 96.0 Å². The second-order valence-corrected chi connectivity index (χ2v) is 9.35. The fraction of sp³-hybridized carbons (Fsp3) is 0.143. The third-order valence-electron chi connectivity index (χ3n) is 5.96. The average molecular weight is 498 g/mol. The predicted molar refractivity (Wildman–Crippen MR) is 143 cm³/mol. The van der Waals surface area contributed by atoms with Crippen LogP contribution in [0.1, 0.15) is 41.3 Å². The van der Waals surface area contributed by atoms with Crippen molar-refractivity contribution in [2.24, 2.45) is 0 Å². The van der Waals surface area contributed by atoms with Gasteiger partial charge in [0.05, 0.1) is 17.8 Å². The number of nitrogens with zero attached hydrogens (tertiary/aromatic N) is 2.